The summed E-state index contributed by atoms with van der Waals surface area (Å²) in [7, 11) is 0. The van der Waals surface area contributed by atoms with Crippen LogP contribution in [-0.4, -0.2) is 50.5 Å². The number of amides is 3. The van der Waals surface area contributed by atoms with Crippen LogP contribution < -0.4 is 15.5 Å². The molecule has 0 saturated carbocycles. The average molecular weight is 371 g/mol. The molecule has 2 N–H and O–H groups in total. The van der Waals surface area contributed by atoms with E-state index in [0.717, 1.165) is 24.1 Å². The van der Waals surface area contributed by atoms with Crippen molar-refractivity contribution in [1.29, 1.82) is 0 Å². The largest absolute Gasteiger partial charge is 0.343 e. The van der Waals surface area contributed by atoms with Gasteiger partial charge in [0.05, 0.1) is 0 Å². The number of hydrogen-bond acceptors (Lipinski definition) is 6. The Hall–Kier alpha value is -3.30. The van der Waals surface area contributed by atoms with Crippen LogP contribution in [0.15, 0.2) is 24.5 Å². The van der Waals surface area contributed by atoms with Crippen molar-refractivity contribution in [2.45, 2.75) is 39.3 Å². The summed E-state index contributed by atoms with van der Waals surface area (Å²) in [6, 6.07) is 4.77. The van der Waals surface area contributed by atoms with Gasteiger partial charge in [0.15, 0.2) is 0 Å². The van der Waals surface area contributed by atoms with E-state index in [2.05, 4.69) is 26.2 Å². The normalized spacial score (nSPS) is 14.2. The topological polar surface area (TPSA) is 122 Å². The number of aryl methyl sites for hydroxylation is 1. The monoisotopic (exact) mass is 371 g/mol. The van der Waals surface area contributed by atoms with Crippen molar-refractivity contribution >= 4 is 29.1 Å². The minimum absolute atomic E-state index is 0.0253. The fourth-order valence-electron chi connectivity index (χ4n) is 2.98. The smallest absolute Gasteiger partial charge is 0.246 e. The van der Waals surface area contributed by atoms with Gasteiger partial charge in [-0.25, -0.2) is 4.68 Å². The molecule has 0 aliphatic carbocycles. The summed E-state index contributed by atoms with van der Waals surface area (Å²) in [5, 5.41) is 15.9. The maximum Gasteiger partial charge on any atom is 0.246 e. The summed E-state index contributed by atoms with van der Waals surface area (Å²) in [6.07, 6.45) is 3.14. The molecule has 2 heterocycles. The molecule has 0 spiro atoms. The molecule has 1 aliphatic heterocycles. The van der Waals surface area contributed by atoms with Crippen LogP contribution in [0.5, 0.6) is 0 Å². The van der Waals surface area contributed by atoms with Crippen molar-refractivity contribution in [3.05, 3.63) is 30.1 Å². The summed E-state index contributed by atoms with van der Waals surface area (Å²) in [5.41, 5.74) is 2.48. The fraction of sp³-hybridized carbons (Fsp3) is 0.412. The number of anilines is 2. The van der Waals surface area contributed by atoms with E-state index < -0.39 is 6.04 Å². The van der Waals surface area contributed by atoms with Crippen LogP contribution in [0.3, 0.4) is 0 Å². The fourth-order valence-corrected chi connectivity index (χ4v) is 2.98. The van der Waals surface area contributed by atoms with E-state index in [1.165, 1.54) is 17.9 Å². The molecule has 0 fully saturated rings. The molecule has 142 valence electrons. The van der Waals surface area contributed by atoms with E-state index in [1.54, 1.807) is 24.0 Å². The lowest BCUT2D eigenvalue weighted by Gasteiger charge is -2.29. The molecule has 1 aliphatic rings. The number of fused-ring (bicyclic) bond motifs is 1. The van der Waals surface area contributed by atoms with Gasteiger partial charge in [-0.3, -0.25) is 14.4 Å². The third-order valence-corrected chi connectivity index (χ3v) is 4.32. The second-order valence-corrected chi connectivity index (χ2v) is 6.40. The van der Waals surface area contributed by atoms with Crippen LogP contribution in [-0.2, 0) is 27.3 Å². The van der Waals surface area contributed by atoms with Crippen molar-refractivity contribution in [3.8, 4) is 0 Å². The minimum Gasteiger partial charge on any atom is -0.343 e. The molecule has 1 aromatic carbocycles. The van der Waals surface area contributed by atoms with Crippen molar-refractivity contribution in [1.82, 2.24) is 25.5 Å². The second kappa shape index (κ2) is 7.94. The SMILES string of the molecule is CC(=O)N1CCCc2ccc(NC(=O)[C@@H](C)NC(=O)Cn3cnnn3)cc21. The highest BCUT2D eigenvalue weighted by molar-refractivity contribution is 5.98. The number of tetrazole rings is 1. The van der Waals surface area contributed by atoms with Gasteiger partial charge in [0.25, 0.3) is 0 Å². The summed E-state index contributed by atoms with van der Waals surface area (Å²) < 4.78 is 1.26. The van der Waals surface area contributed by atoms with E-state index in [-0.39, 0.29) is 24.3 Å². The van der Waals surface area contributed by atoms with E-state index in [9.17, 15) is 14.4 Å². The molecule has 3 rings (SSSR count). The average Bonchev–Trinajstić information content (AvgIpc) is 3.13. The Balaban J connectivity index is 1.62. The Morgan fingerprint density at radius 2 is 2.11 bits per heavy atom. The third kappa shape index (κ3) is 4.46. The van der Waals surface area contributed by atoms with Gasteiger partial charge in [-0.2, -0.15) is 0 Å². The minimum atomic E-state index is -0.742. The van der Waals surface area contributed by atoms with Gasteiger partial charge in [-0.05, 0) is 47.9 Å². The van der Waals surface area contributed by atoms with E-state index in [0.29, 0.717) is 12.2 Å². The number of carbonyl (C=O) groups is 3. The standard InChI is InChI=1S/C17H21N7O3/c1-11(19-16(26)9-23-10-18-21-22-23)17(27)20-14-6-5-13-4-3-7-24(12(2)25)15(13)8-14/h5-6,8,10-11H,3-4,7,9H2,1-2H3,(H,19,26)(H,20,27)/t11-/m1/s1. The molecule has 3 amide bonds. The van der Waals surface area contributed by atoms with Crippen molar-refractivity contribution in [2.75, 3.05) is 16.8 Å². The van der Waals surface area contributed by atoms with Gasteiger partial charge in [-0.1, -0.05) is 6.07 Å². The summed E-state index contributed by atoms with van der Waals surface area (Å²) in [4.78, 5) is 37.9. The summed E-state index contributed by atoms with van der Waals surface area (Å²) in [5.74, 6) is -0.758. The molecule has 0 unspecified atom stereocenters. The number of nitrogens with zero attached hydrogens (tertiary/aromatic N) is 5. The third-order valence-electron chi connectivity index (χ3n) is 4.32. The first-order chi connectivity index (χ1) is 12.9. The van der Waals surface area contributed by atoms with Crippen molar-refractivity contribution in [3.63, 3.8) is 0 Å². The molecule has 2 aromatic rings. The molecule has 27 heavy (non-hydrogen) atoms. The van der Waals surface area contributed by atoms with Crippen LogP contribution in [0.4, 0.5) is 11.4 Å². The molecular weight excluding hydrogens is 350 g/mol. The first kappa shape index (κ1) is 18.5. The zero-order valence-electron chi connectivity index (χ0n) is 15.2. The maximum absolute atomic E-state index is 12.4. The lowest BCUT2D eigenvalue weighted by atomic mass is 10.0. The highest BCUT2D eigenvalue weighted by atomic mass is 16.2. The van der Waals surface area contributed by atoms with Gasteiger partial charge in [-0.15, -0.1) is 5.10 Å². The Morgan fingerprint density at radius 1 is 1.30 bits per heavy atom. The highest BCUT2D eigenvalue weighted by Gasteiger charge is 2.21. The van der Waals surface area contributed by atoms with Crippen LogP contribution in [0.25, 0.3) is 0 Å². The number of nitrogens with one attached hydrogen (secondary N) is 2. The number of benzene rings is 1. The van der Waals surface area contributed by atoms with Gasteiger partial charge in [0.2, 0.25) is 17.7 Å². The Morgan fingerprint density at radius 3 is 2.81 bits per heavy atom. The van der Waals surface area contributed by atoms with Gasteiger partial charge in [0, 0.05) is 24.8 Å². The van der Waals surface area contributed by atoms with Gasteiger partial charge < -0.3 is 15.5 Å². The lowest BCUT2D eigenvalue weighted by Crippen LogP contribution is -2.43. The summed E-state index contributed by atoms with van der Waals surface area (Å²) in [6.45, 7) is 3.72. The first-order valence-corrected chi connectivity index (χ1v) is 8.66. The molecule has 10 nitrogen and oxygen atoms in total. The lowest BCUT2D eigenvalue weighted by molar-refractivity contribution is -0.126. The highest BCUT2D eigenvalue weighted by Crippen LogP contribution is 2.30. The van der Waals surface area contributed by atoms with Crippen molar-refractivity contribution < 1.29 is 14.4 Å². The van der Waals surface area contributed by atoms with Gasteiger partial charge >= 0.3 is 0 Å². The Kier molecular flexibility index (Phi) is 5.43. The number of hydrogen-bond donors (Lipinski definition) is 2. The molecule has 0 radical (unpaired) electrons. The van der Waals surface area contributed by atoms with Crippen LogP contribution in [0.1, 0.15) is 25.8 Å². The van der Waals surface area contributed by atoms with Gasteiger partial charge in [0.1, 0.15) is 18.9 Å². The van der Waals surface area contributed by atoms with Crippen LogP contribution in [0.2, 0.25) is 0 Å². The predicted octanol–water partition coefficient (Wildman–Crippen LogP) is 0.116. The number of carbonyl (C=O) groups excluding carboxylic acids is 3. The quantitative estimate of drug-likeness (QED) is 0.770. The molecular formula is C17H21N7O3. The van der Waals surface area contributed by atoms with E-state index in [4.69, 9.17) is 0 Å². The first-order valence-electron chi connectivity index (χ1n) is 8.66. The van der Waals surface area contributed by atoms with E-state index in [1.807, 2.05) is 6.07 Å². The molecule has 0 bridgehead atoms. The summed E-state index contributed by atoms with van der Waals surface area (Å²) >= 11 is 0. The van der Waals surface area contributed by atoms with Crippen LogP contribution >= 0.6 is 0 Å². The van der Waals surface area contributed by atoms with E-state index >= 15 is 0 Å². The second-order valence-electron chi connectivity index (χ2n) is 6.40. The Bertz CT molecular complexity index is 850. The number of aromatic nitrogens is 4. The zero-order chi connectivity index (χ0) is 19.4. The molecule has 0 saturated heterocycles. The van der Waals surface area contributed by atoms with Crippen molar-refractivity contribution in [2.24, 2.45) is 0 Å². The molecule has 10 heteroatoms. The molecule has 1 aromatic heterocycles. The number of rotatable bonds is 5. The molecule has 1 atom stereocenters. The Labute approximate surface area is 155 Å². The zero-order valence-corrected chi connectivity index (χ0v) is 15.2. The maximum atomic E-state index is 12.4. The van der Waals surface area contributed by atoms with Crippen LogP contribution in [0, 0.1) is 0 Å². The predicted molar refractivity (Wildman–Crippen MR) is 96.8 cm³/mol.